The Morgan fingerprint density at radius 1 is 1.29 bits per heavy atom. The van der Waals surface area contributed by atoms with Crippen molar-refractivity contribution in [3.63, 3.8) is 0 Å². The summed E-state index contributed by atoms with van der Waals surface area (Å²) in [5, 5.41) is 8.05. The molecule has 0 aliphatic carbocycles. The summed E-state index contributed by atoms with van der Waals surface area (Å²) < 4.78 is 17.6. The molecule has 2 N–H and O–H groups in total. The van der Waals surface area contributed by atoms with Gasteiger partial charge < -0.3 is 15.4 Å². The lowest BCUT2D eigenvalue weighted by Gasteiger charge is -2.11. The average molecular weight is 324 g/mol. The van der Waals surface area contributed by atoms with Crippen molar-refractivity contribution < 1.29 is 13.9 Å². The zero-order chi connectivity index (χ0) is 15.4. The van der Waals surface area contributed by atoms with Crippen LogP contribution in [0.2, 0.25) is 0 Å². The van der Waals surface area contributed by atoms with E-state index < -0.39 is 5.97 Å². The summed E-state index contributed by atoms with van der Waals surface area (Å²) in [5.74, 6) is -0.735. The number of hydrogen-bond acceptors (Lipinski definition) is 4. The van der Waals surface area contributed by atoms with Gasteiger partial charge in [-0.15, -0.1) is 11.3 Å². The fraction of sp³-hybridized carbons (Fsp3) is 0.143. The minimum Gasteiger partial charge on any atom is -0.465 e. The second-order valence-corrected chi connectivity index (χ2v) is 5.49. The summed E-state index contributed by atoms with van der Waals surface area (Å²) in [6, 6.07) is 5.82. The van der Waals surface area contributed by atoms with Crippen molar-refractivity contribution in [1.82, 2.24) is 0 Å². The molecule has 2 rings (SSSR count). The molecule has 0 unspecified atom stereocenters. The zero-order valence-corrected chi connectivity index (χ0v) is 13.0. The van der Waals surface area contributed by atoms with E-state index in [1.54, 1.807) is 12.1 Å². The van der Waals surface area contributed by atoms with Crippen molar-refractivity contribution in [2.45, 2.75) is 6.92 Å². The molecule has 4 nitrogen and oxygen atoms in total. The van der Waals surface area contributed by atoms with E-state index in [9.17, 15) is 9.18 Å². The average Bonchev–Trinajstić information content (AvgIpc) is 2.82. The quantitative estimate of drug-likeness (QED) is 0.664. The number of hydrogen-bond donors (Lipinski definition) is 2. The van der Waals surface area contributed by atoms with E-state index in [4.69, 9.17) is 17.0 Å². The maximum atomic E-state index is 12.8. The Labute approximate surface area is 130 Å². The van der Waals surface area contributed by atoms with Crippen LogP contribution >= 0.6 is 23.6 Å². The molecule has 0 aliphatic rings. The number of anilines is 2. The minimum absolute atomic E-state index is 0.313. The first-order valence-corrected chi connectivity index (χ1v) is 7.30. The third-order valence-electron chi connectivity index (χ3n) is 2.69. The first-order valence-electron chi connectivity index (χ1n) is 6.01. The third kappa shape index (κ3) is 3.77. The van der Waals surface area contributed by atoms with Crippen molar-refractivity contribution in [2.24, 2.45) is 0 Å². The van der Waals surface area contributed by atoms with Gasteiger partial charge in [-0.25, -0.2) is 9.18 Å². The van der Waals surface area contributed by atoms with Crippen molar-refractivity contribution in [3.05, 3.63) is 45.9 Å². The monoisotopic (exact) mass is 324 g/mol. The van der Waals surface area contributed by atoms with Gasteiger partial charge >= 0.3 is 5.97 Å². The lowest BCUT2D eigenvalue weighted by atomic mass is 10.2. The number of ether oxygens (including phenoxy) is 1. The Bertz CT molecular complexity index is 668. The largest absolute Gasteiger partial charge is 0.465 e. The van der Waals surface area contributed by atoms with Gasteiger partial charge in [-0.05, 0) is 54.4 Å². The summed E-state index contributed by atoms with van der Waals surface area (Å²) in [4.78, 5) is 12.1. The van der Waals surface area contributed by atoms with Crippen LogP contribution in [0.3, 0.4) is 0 Å². The second kappa shape index (κ2) is 6.64. The molecule has 21 heavy (non-hydrogen) atoms. The molecular formula is C14H13FN2O2S2. The molecule has 0 amide bonds. The highest BCUT2D eigenvalue weighted by Gasteiger charge is 2.17. The number of esters is 1. The molecule has 1 aromatic carbocycles. The van der Waals surface area contributed by atoms with Crippen LogP contribution in [-0.2, 0) is 4.74 Å². The van der Waals surface area contributed by atoms with Gasteiger partial charge in [-0.1, -0.05) is 0 Å². The molecule has 1 heterocycles. The summed E-state index contributed by atoms with van der Waals surface area (Å²) in [5.41, 5.74) is 2.16. The predicted octanol–water partition coefficient (Wildman–Crippen LogP) is 3.79. The summed E-state index contributed by atoms with van der Waals surface area (Å²) in [6.45, 7) is 1.87. The second-order valence-electron chi connectivity index (χ2n) is 4.20. The number of halogens is 1. The van der Waals surface area contributed by atoms with Crippen molar-refractivity contribution in [1.29, 1.82) is 0 Å². The van der Waals surface area contributed by atoms with E-state index in [-0.39, 0.29) is 5.82 Å². The molecule has 0 atom stereocenters. The molecule has 7 heteroatoms. The van der Waals surface area contributed by atoms with Crippen LogP contribution in [-0.4, -0.2) is 18.2 Å². The first-order chi connectivity index (χ1) is 10.0. The summed E-state index contributed by atoms with van der Waals surface area (Å²) in [6.07, 6.45) is 0. The molecule has 1 aromatic heterocycles. The van der Waals surface area contributed by atoms with Gasteiger partial charge in [0.25, 0.3) is 0 Å². The molecule has 0 fully saturated rings. The lowest BCUT2D eigenvalue weighted by Crippen LogP contribution is -2.20. The summed E-state index contributed by atoms with van der Waals surface area (Å²) in [7, 11) is 1.33. The number of carbonyl (C=O) groups excluding carboxylic acids is 1. The number of aryl methyl sites for hydroxylation is 1. The lowest BCUT2D eigenvalue weighted by molar-refractivity contribution is 0.0607. The van der Waals surface area contributed by atoms with Crippen molar-refractivity contribution in [3.8, 4) is 0 Å². The molecule has 0 aliphatic heterocycles. The Morgan fingerprint density at radius 3 is 2.57 bits per heavy atom. The van der Waals surface area contributed by atoms with Crippen LogP contribution in [0, 0.1) is 12.7 Å². The number of benzene rings is 1. The van der Waals surface area contributed by atoms with E-state index in [0.717, 1.165) is 5.56 Å². The Balaban J connectivity index is 2.11. The Kier molecular flexibility index (Phi) is 4.87. The van der Waals surface area contributed by atoms with Gasteiger partial charge in [0.15, 0.2) is 5.11 Å². The molecular weight excluding hydrogens is 311 g/mol. The highest BCUT2D eigenvalue weighted by molar-refractivity contribution is 7.80. The van der Waals surface area contributed by atoms with Gasteiger partial charge in [-0.2, -0.15) is 0 Å². The number of thiocarbonyl (C=S) groups is 1. The van der Waals surface area contributed by atoms with E-state index in [0.29, 0.717) is 21.4 Å². The molecule has 2 aromatic rings. The molecule has 0 saturated carbocycles. The van der Waals surface area contributed by atoms with E-state index in [2.05, 4.69) is 10.6 Å². The first kappa shape index (κ1) is 15.4. The maximum Gasteiger partial charge on any atom is 0.350 e. The maximum absolute atomic E-state index is 12.8. The van der Waals surface area contributed by atoms with E-state index in [1.807, 2.05) is 12.3 Å². The van der Waals surface area contributed by atoms with Crippen LogP contribution in [0.5, 0.6) is 0 Å². The normalized spacial score (nSPS) is 10.0. The van der Waals surface area contributed by atoms with Crippen molar-refractivity contribution in [2.75, 3.05) is 17.7 Å². The van der Waals surface area contributed by atoms with Gasteiger partial charge in [0, 0.05) is 5.69 Å². The fourth-order valence-electron chi connectivity index (χ4n) is 1.65. The number of carbonyl (C=O) groups is 1. The predicted molar refractivity (Wildman–Crippen MR) is 86.6 cm³/mol. The number of thiophene rings is 1. The number of rotatable bonds is 3. The highest BCUT2D eigenvalue weighted by Crippen LogP contribution is 2.28. The fourth-order valence-corrected chi connectivity index (χ4v) is 2.79. The van der Waals surface area contributed by atoms with Crippen LogP contribution in [0.4, 0.5) is 15.8 Å². The van der Waals surface area contributed by atoms with Crippen LogP contribution in [0.15, 0.2) is 29.6 Å². The van der Waals surface area contributed by atoms with Gasteiger partial charge in [0.1, 0.15) is 10.7 Å². The Morgan fingerprint density at radius 2 is 1.95 bits per heavy atom. The smallest absolute Gasteiger partial charge is 0.350 e. The number of methoxy groups -OCH3 is 1. The van der Waals surface area contributed by atoms with Gasteiger partial charge in [-0.3, -0.25) is 0 Å². The topological polar surface area (TPSA) is 50.4 Å². The molecule has 0 radical (unpaired) electrons. The molecule has 0 saturated heterocycles. The Hall–Kier alpha value is -1.99. The molecule has 110 valence electrons. The van der Waals surface area contributed by atoms with Gasteiger partial charge in [0.05, 0.1) is 12.8 Å². The molecule has 0 spiro atoms. The van der Waals surface area contributed by atoms with Crippen molar-refractivity contribution >= 4 is 46.0 Å². The highest BCUT2D eigenvalue weighted by atomic mass is 32.1. The molecule has 0 bridgehead atoms. The summed E-state index contributed by atoms with van der Waals surface area (Å²) >= 11 is 6.48. The minimum atomic E-state index is -0.416. The van der Waals surface area contributed by atoms with E-state index in [1.165, 1.54) is 30.6 Å². The standard InChI is InChI=1S/C14H13FN2O2S2/c1-8-7-21-12(13(18)19-2)11(8)17-14(20)16-10-5-3-9(15)4-6-10/h3-7H,1-2H3,(H2,16,17,20). The van der Waals surface area contributed by atoms with Gasteiger partial charge in [0.2, 0.25) is 0 Å². The van der Waals surface area contributed by atoms with E-state index >= 15 is 0 Å². The third-order valence-corrected chi connectivity index (χ3v) is 3.97. The van der Waals surface area contributed by atoms with Crippen LogP contribution in [0.1, 0.15) is 15.2 Å². The SMILES string of the molecule is COC(=O)c1scc(C)c1NC(=S)Nc1ccc(F)cc1. The number of nitrogens with one attached hydrogen (secondary N) is 2. The van der Waals surface area contributed by atoms with Crippen LogP contribution < -0.4 is 10.6 Å². The zero-order valence-electron chi connectivity index (χ0n) is 11.4. The van der Waals surface area contributed by atoms with Crippen LogP contribution in [0.25, 0.3) is 0 Å².